The molecule has 0 spiro atoms. The van der Waals surface area contributed by atoms with E-state index < -0.39 is 11.8 Å². The summed E-state index contributed by atoms with van der Waals surface area (Å²) in [7, 11) is 2.97. The number of piperidine rings is 1. The summed E-state index contributed by atoms with van der Waals surface area (Å²) in [6.45, 7) is 1.02. The van der Waals surface area contributed by atoms with Crippen molar-refractivity contribution in [3.8, 4) is 5.75 Å². The van der Waals surface area contributed by atoms with Crippen molar-refractivity contribution in [1.82, 2.24) is 9.80 Å². The van der Waals surface area contributed by atoms with Crippen molar-refractivity contribution in [3.05, 3.63) is 58.1 Å². The summed E-state index contributed by atoms with van der Waals surface area (Å²) in [6.07, 6.45) is 1.33. The van der Waals surface area contributed by atoms with E-state index in [2.05, 4.69) is 5.32 Å². The van der Waals surface area contributed by atoms with E-state index in [9.17, 15) is 14.4 Å². The number of amides is 3. The number of carbonyl (C=O) groups is 3. The van der Waals surface area contributed by atoms with Gasteiger partial charge < -0.3 is 19.9 Å². The Bertz CT molecular complexity index is 988. The van der Waals surface area contributed by atoms with Gasteiger partial charge in [-0.3, -0.25) is 14.4 Å². The van der Waals surface area contributed by atoms with Gasteiger partial charge in [-0.05, 0) is 36.4 Å². The summed E-state index contributed by atoms with van der Waals surface area (Å²) in [6, 6.07) is 11.8. The van der Waals surface area contributed by atoms with E-state index >= 15 is 0 Å². The lowest BCUT2D eigenvalue weighted by Gasteiger charge is -2.32. The highest BCUT2D eigenvalue weighted by Gasteiger charge is 2.26. The third-order valence-corrected chi connectivity index (χ3v) is 5.45. The molecule has 0 saturated carbocycles. The summed E-state index contributed by atoms with van der Waals surface area (Å²) in [4.78, 5) is 39.6. The topological polar surface area (TPSA) is 79.0 Å². The average Bonchev–Trinajstić information content (AvgIpc) is 2.74. The van der Waals surface area contributed by atoms with Crippen LogP contribution in [-0.2, 0) is 9.59 Å². The molecule has 1 aliphatic heterocycles. The monoisotopic (exact) mass is 463 g/mol. The van der Waals surface area contributed by atoms with Crippen molar-refractivity contribution >= 4 is 46.6 Å². The Morgan fingerprint density at radius 3 is 2.42 bits per heavy atom. The normalized spacial score (nSPS) is 14.1. The molecule has 0 radical (unpaired) electrons. The molecular weight excluding hydrogens is 441 g/mol. The maximum atomic E-state index is 13.0. The van der Waals surface area contributed by atoms with Crippen LogP contribution in [0.3, 0.4) is 0 Å². The van der Waals surface area contributed by atoms with Crippen LogP contribution in [0.1, 0.15) is 23.2 Å². The van der Waals surface area contributed by atoms with E-state index in [-0.39, 0.29) is 22.6 Å². The van der Waals surface area contributed by atoms with Gasteiger partial charge in [-0.25, -0.2) is 0 Å². The molecule has 0 aliphatic carbocycles. The highest BCUT2D eigenvalue weighted by atomic mass is 35.5. The zero-order valence-corrected chi connectivity index (χ0v) is 18.7. The Morgan fingerprint density at radius 2 is 1.77 bits per heavy atom. The number of anilines is 1. The molecule has 1 saturated heterocycles. The van der Waals surface area contributed by atoms with Crippen molar-refractivity contribution in [2.24, 2.45) is 0 Å². The minimum absolute atomic E-state index is 0.0133. The van der Waals surface area contributed by atoms with Crippen molar-refractivity contribution in [2.75, 3.05) is 32.5 Å². The number of halogens is 2. The van der Waals surface area contributed by atoms with Gasteiger partial charge in [0.05, 0.1) is 10.6 Å². The molecule has 9 heteroatoms. The standard InChI is InChI=1S/C22H23Cl2N3O4/c1-26(2)22(30)20(28)25-15-6-7-19(24)18(13-15)21(29)27-10-8-16(9-11-27)31-17-5-3-4-14(23)12-17/h3-7,12-13,16H,8-11H2,1-2H3,(H,25,28). The molecule has 0 unspecified atom stereocenters. The van der Waals surface area contributed by atoms with Gasteiger partial charge in [0, 0.05) is 50.7 Å². The van der Waals surface area contributed by atoms with Gasteiger partial charge in [0.25, 0.3) is 5.91 Å². The summed E-state index contributed by atoms with van der Waals surface area (Å²) < 4.78 is 5.97. The first-order chi connectivity index (χ1) is 14.7. The number of nitrogens with one attached hydrogen (secondary N) is 1. The third-order valence-electron chi connectivity index (χ3n) is 4.88. The smallest absolute Gasteiger partial charge is 0.313 e. The maximum Gasteiger partial charge on any atom is 0.313 e. The van der Waals surface area contributed by atoms with Crippen LogP contribution in [0.5, 0.6) is 5.75 Å². The summed E-state index contributed by atoms with van der Waals surface area (Å²) >= 11 is 12.2. The summed E-state index contributed by atoms with van der Waals surface area (Å²) in [5.41, 5.74) is 0.595. The van der Waals surface area contributed by atoms with E-state index in [0.29, 0.717) is 42.4 Å². The Morgan fingerprint density at radius 1 is 1.06 bits per heavy atom. The number of rotatable bonds is 4. The number of likely N-dealkylation sites (N-methyl/N-ethyl adjacent to an activating group) is 1. The number of likely N-dealkylation sites (tertiary alicyclic amines) is 1. The minimum Gasteiger partial charge on any atom is -0.490 e. The fourth-order valence-electron chi connectivity index (χ4n) is 3.23. The predicted octanol–water partition coefficient (Wildman–Crippen LogP) is 3.70. The van der Waals surface area contributed by atoms with Gasteiger partial charge in [0.1, 0.15) is 11.9 Å². The van der Waals surface area contributed by atoms with Crippen LogP contribution in [0.4, 0.5) is 5.69 Å². The van der Waals surface area contributed by atoms with E-state index in [1.54, 1.807) is 23.1 Å². The highest BCUT2D eigenvalue weighted by molar-refractivity contribution is 6.39. The van der Waals surface area contributed by atoms with E-state index in [4.69, 9.17) is 27.9 Å². The largest absolute Gasteiger partial charge is 0.490 e. The molecule has 3 amide bonds. The Balaban J connectivity index is 1.62. The molecule has 0 bridgehead atoms. The first kappa shape index (κ1) is 22.9. The fraction of sp³-hybridized carbons (Fsp3) is 0.318. The van der Waals surface area contributed by atoms with Crippen LogP contribution in [0.2, 0.25) is 10.0 Å². The van der Waals surface area contributed by atoms with Crippen LogP contribution in [0, 0.1) is 0 Å². The summed E-state index contributed by atoms with van der Waals surface area (Å²) in [5, 5.41) is 3.38. The number of nitrogens with zero attached hydrogens (tertiary/aromatic N) is 2. The Hall–Kier alpha value is -2.77. The van der Waals surface area contributed by atoms with Gasteiger partial charge in [-0.15, -0.1) is 0 Å². The molecular formula is C22H23Cl2N3O4. The van der Waals surface area contributed by atoms with Gasteiger partial charge in [0.15, 0.2) is 0 Å². The van der Waals surface area contributed by atoms with Crippen molar-refractivity contribution in [1.29, 1.82) is 0 Å². The van der Waals surface area contributed by atoms with E-state index in [1.807, 2.05) is 12.1 Å². The fourth-order valence-corrected chi connectivity index (χ4v) is 3.61. The first-order valence-electron chi connectivity index (χ1n) is 9.78. The minimum atomic E-state index is -0.787. The first-order valence-corrected chi connectivity index (χ1v) is 10.5. The number of carbonyl (C=O) groups excluding carboxylic acids is 3. The molecule has 7 nitrogen and oxygen atoms in total. The van der Waals surface area contributed by atoms with Crippen LogP contribution < -0.4 is 10.1 Å². The third kappa shape index (κ3) is 5.89. The Kier molecular flexibility index (Phi) is 7.41. The molecule has 1 heterocycles. The molecule has 31 heavy (non-hydrogen) atoms. The lowest BCUT2D eigenvalue weighted by atomic mass is 10.1. The van der Waals surface area contributed by atoms with Crippen LogP contribution in [0.25, 0.3) is 0 Å². The number of hydrogen-bond donors (Lipinski definition) is 1. The number of benzene rings is 2. The highest BCUT2D eigenvalue weighted by Crippen LogP contribution is 2.26. The molecule has 2 aromatic rings. The second-order valence-electron chi connectivity index (χ2n) is 7.42. The zero-order chi connectivity index (χ0) is 22.5. The van der Waals surface area contributed by atoms with Gasteiger partial charge in [-0.1, -0.05) is 29.3 Å². The SMILES string of the molecule is CN(C)C(=O)C(=O)Nc1ccc(Cl)c(C(=O)N2CCC(Oc3cccc(Cl)c3)CC2)c1. The van der Waals surface area contributed by atoms with Crippen molar-refractivity contribution < 1.29 is 19.1 Å². The van der Waals surface area contributed by atoms with Gasteiger partial charge in [0.2, 0.25) is 0 Å². The quantitative estimate of drug-likeness (QED) is 0.700. The number of ether oxygens (including phenoxy) is 1. The molecule has 0 atom stereocenters. The molecule has 3 rings (SSSR count). The second kappa shape index (κ2) is 10.0. The number of hydrogen-bond acceptors (Lipinski definition) is 4. The van der Waals surface area contributed by atoms with Gasteiger partial charge >= 0.3 is 11.8 Å². The van der Waals surface area contributed by atoms with Crippen LogP contribution >= 0.6 is 23.2 Å². The second-order valence-corrected chi connectivity index (χ2v) is 8.26. The summed E-state index contributed by atoms with van der Waals surface area (Å²) in [5.74, 6) is -1.01. The molecule has 1 fully saturated rings. The lowest BCUT2D eigenvalue weighted by Crippen LogP contribution is -2.42. The maximum absolute atomic E-state index is 13.0. The molecule has 2 aromatic carbocycles. The zero-order valence-electron chi connectivity index (χ0n) is 17.2. The van der Waals surface area contributed by atoms with E-state index in [1.165, 1.54) is 31.1 Å². The van der Waals surface area contributed by atoms with Gasteiger partial charge in [-0.2, -0.15) is 0 Å². The van der Waals surface area contributed by atoms with Crippen molar-refractivity contribution in [3.63, 3.8) is 0 Å². The lowest BCUT2D eigenvalue weighted by molar-refractivity contribution is -0.141. The van der Waals surface area contributed by atoms with Crippen LogP contribution in [-0.4, -0.2) is 60.8 Å². The molecule has 1 aliphatic rings. The Labute approximate surface area is 190 Å². The average molecular weight is 464 g/mol. The van der Waals surface area contributed by atoms with Crippen molar-refractivity contribution in [2.45, 2.75) is 18.9 Å². The molecule has 164 valence electrons. The van der Waals surface area contributed by atoms with Crippen LogP contribution in [0.15, 0.2) is 42.5 Å². The van der Waals surface area contributed by atoms with E-state index in [0.717, 1.165) is 0 Å². The molecule has 1 N–H and O–H groups in total. The predicted molar refractivity (Wildman–Crippen MR) is 120 cm³/mol. The molecule has 0 aromatic heterocycles.